The molecule has 2 aromatic heterocycles. The zero-order chi connectivity index (χ0) is 15.4. The molecule has 1 unspecified atom stereocenters. The Morgan fingerprint density at radius 3 is 2.57 bits per heavy atom. The average Bonchev–Trinajstić information content (AvgIpc) is 2.73. The number of hydrogen-bond donors (Lipinski definition) is 0. The molecule has 1 aliphatic rings. The SMILES string of the molecule is C[S+]([O-])c1nc2c(=O)n(C3COC3)c(C(F)(F)F)nc2s1. The summed E-state index contributed by atoms with van der Waals surface area (Å²) in [7, 11) is 0. The summed E-state index contributed by atoms with van der Waals surface area (Å²) in [5.41, 5.74) is -1.07. The van der Waals surface area contributed by atoms with E-state index in [-0.39, 0.29) is 27.9 Å². The minimum Gasteiger partial charge on any atom is -0.610 e. The molecule has 1 fully saturated rings. The predicted octanol–water partition coefficient (Wildman–Crippen LogP) is 1.18. The number of alkyl halides is 3. The highest BCUT2D eigenvalue weighted by Crippen LogP contribution is 2.32. The number of rotatable bonds is 2. The van der Waals surface area contributed by atoms with Gasteiger partial charge in [0.2, 0.25) is 5.82 Å². The first kappa shape index (κ1) is 14.8. The van der Waals surface area contributed by atoms with Gasteiger partial charge in [-0.05, 0) is 11.3 Å². The Hall–Kier alpha value is -1.17. The van der Waals surface area contributed by atoms with E-state index in [0.29, 0.717) is 4.57 Å². The highest BCUT2D eigenvalue weighted by Gasteiger charge is 2.41. The highest BCUT2D eigenvalue weighted by molar-refractivity contribution is 7.92. The van der Waals surface area contributed by atoms with E-state index in [4.69, 9.17) is 4.74 Å². The van der Waals surface area contributed by atoms with Crippen molar-refractivity contribution in [1.82, 2.24) is 14.5 Å². The molecule has 0 aliphatic carbocycles. The number of nitrogens with zero attached hydrogens (tertiary/aromatic N) is 3. The summed E-state index contributed by atoms with van der Waals surface area (Å²) in [5.74, 6) is -1.27. The molecular weight excluding hydrogens is 331 g/mol. The number of hydrogen-bond acceptors (Lipinski definition) is 6. The van der Waals surface area contributed by atoms with Crippen LogP contribution in [0.3, 0.4) is 0 Å². The molecule has 3 rings (SSSR count). The largest absolute Gasteiger partial charge is 0.610 e. The Bertz CT molecular complexity index is 752. The topological polar surface area (TPSA) is 80.1 Å². The van der Waals surface area contributed by atoms with Crippen LogP contribution in [0.2, 0.25) is 0 Å². The molecule has 0 bridgehead atoms. The third-order valence-corrected chi connectivity index (χ3v) is 5.21. The highest BCUT2D eigenvalue weighted by atomic mass is 32.2. The van der Waals surface area contributed by atoms with Crippen LogP contribution in [-0.2, 0) is 22.1 Å². The number of fused-ring (bicyclic) bond motifs is 1. The maximum absolute atomic E-state index is 13.1. The molecule has 6 nitrogen and oxygen atoms in total. The first-order valence-corrected chi connectivity index (χ1v) is 8.08. The second-order valence-electron chi connectivity index (χ2n) is 4.39. The second kappa shape index (κ2) is 4.93. The predicted molar refractivity (Wildman–Crippen MR) is 68.9 cm³/mol. The Balaban J connectivity index is 2.30. The van der Waals surface area contributed by atoms with E-state index in [9.17, 15) is 22.5 Å². The molecule has 114 valence electrons. The van der Waals surface area contributed by atoms with Gasteiger partial charge in [0.15, 0.2) is 10.3 Å². The van der Waals surface area contributed by atoms with Gasteiger partial charge in [0.05, 0.1) is 19.3 Å². The maximum Gasteiger partial charge on any atom is 0.449 e. The van der Waals surface area contributed by atoms with Crippen molar-refractivity contribution in [3.8, 4) is 0 Å². The fourth-order valence-electron chi connectivity index (χ4n) is 1.90. The fourth-order valence-corrected chi connectivity index (χ4v) is 3.49. The van der Waals surface area contributed by atoms with E-state index in [0.717, 1.165) is 11.3 Å². The van der Waals surface area contributed by atoms with Crippen LogP contribution >= 0.6 is 11.3 Å². The Morgan fingerprint density at radius 2 is 2.10 bits per heavy atom. The van der Waals surface area contributed by atoms with Crippen LogP contribution in [0.5, 0.6) is 0 Å². The molecule has 1 aliphatic heterocycles. The Kier molecular flexibility index (Phi) is 3.47. The maximum atomic E-state index is 13.1. The average molecular weight is 339 g/mol. The first-order chi connectivity index (χ1) is 9.79. The van der Waals surface area contributed by atoms with Crippen molar-refractivity contribution in [3.05, 3.63) is 16.2 Å². The van der Waals surface area contributed by atoms with Crippen molar-refractivity contribution < 1.29 is 22.5 Å². The summed E-state index contributed by atoms with van der Waals surface area (Å²) in [5, 5.41) is 0. The van der Waals surface area contributed by atoms with Crippen molar-refractivity contribution in [2.75, 3.05) is 19.5 Å². The minimum atomic E-state index is -4.77. The molecule has 0 radical (unpaired) electrons. The van der Waals surface area contributed by atoms with Crippen molar-refractivity contribution >= 4 is 32.9 Å². The monoisotopic (exact) mass is 339 g/mol. The number of thiazole rings is 1. The molecule has 0 N–H and O–H groups in total. The standard InChI is InChI=1S/C10H8F3N3O3S2/c1-21(18)9-14-5-6(20-9)15-8(10(11,12)13)16(7(5)17)4-2-19-3-4/h4H,2-3H2,1H3. The van der Waals surface area contributed by atoms with Gasteiger partial charge in [-0.25, -0.2) is 4.98 Å². The molecule has 11 heteroatoms. The molecule has 3 heterocycles. The van der Waals surface area contributed by atoms with Crippen LogP contribution in [0.4, 0.5) is 13.2 Å². The zero-order valence-corrected chi connectivity index (χ0v) is 12.1. The van der Waals surface area contributed by atoms with E-state index < -0.39 is 34.8 Å². The molecule has 1 atom stereocenters. The van der Waals surface area contributed by atoms with Crippen LogP contribution < -0.4 is 5.56 Å². The molecule has 0 amide bonds. The van der Waals surface area contributed by atoms with Gasteiger partial charge in [-0.3, -0.25) is 9.36 Å². The summed E-state index contributed by atoms with van der Waals surface area (Å²) in [6, 6.07) is -0.705. The summed E-state index contributed by atoms with van der Waals surface area (Å²) in [4.78, 5) is 19.5. The van der Waals surface area contributed by atoms with Gasteiger partial charge >= 0.3 is 10.5 Å². The quantitative estimate of drug-likeness (QED) is 0.768. The van der Waals surface area contributed by atoms with Crippen LogP contribution in [0.25, 0.3) is 10.3 Å². The molecule has 21 heavy (non-hydrogen) atoms. The molecular formula is C10H8F3N3O3S2. The van der Waals surface area contributed by atoms with E-state index in [2.05, 4.69) is 9.97 Å². The van der Waals surface area contributed by atoms with Gasteiger partial charge in [-0.1, -0.05) is 0 Å². The lowest BCUT2D eigenvalue weighted by molar-refractivity contribution is -0.152. The number of ether oxygens (including phenoxy) is 1. The van der Waals surface area contributed by atoms with Gasteiger partial charge in [-0.15, -0.1) is 0 Å². The third-order valence-electron chi connectivity index (χ3n) is 2.93. The minimum absolute atomic E-state index is 0.0207. The van der Waals surface area contributed by atoms with Gasteiger partial charge in [-0.2, -0.15) is 18.2 Å². The van der Waals surface area contributed by atoms with E-state index in [1.807, 2.05) is 0 Å². The Labute approximate surface area is 122 Å². The fraction of sp³-hybridized carbons (Fsp3) is 0.500. The van der Waals surface area contributed by atoms with Gasteiger partial charge < -0.3 is 9.29 Å². The van der Waals surface area contributed by atoms with Crippen molar-refractivity contribution in [2.24, 2.45) is 0 Å². The molecule has 1 saturated heterocycles. The lowest BCUT2D eigenvalue weighted by atomic mass is 10.2. The summed E-state index contributed by atoms with van der Waals surface area (Å²) < 4.78 is 56.2. The van der Waals surface area contributed by atoms with Crippen LogP contribution in [0, 0.1) is 0 Å². The van der Waals surface area contributed by atoms with Crippen molar-refractivity contribution in [1.29, 1.82) is 0 Å². The van der Waals surface area contributed by atoms with Crippen LogP contribution in [0.15, 0.2) is 9.13 Å². The van der Waals surface area contributed by atoms with Crippen LogP contribution in [0.1, 0.15) is 11.9 Å². The smallest absolute Gasteiger partial charge is 0.449 e. The normalized spacial score (nSPS) is 18.0. The summed E-state index contributed by atoms with van der Waals surface area (Å²) in [6.07, 6.45) is -3.43. The van der Waals surface area contributed by atoms with E-state index in [1.54, 1.807) is 0 Å². The molecule has 0 spiro atoms. The number of halogens is 3. The molecule has 0 saturated carbocycles. The van der Waals surface area contributed by atoms with Gasteiger partial charge in [0, 0.05) is 11.2 Å². The number of aromatic nitrogens is 3. The van der Waals surface area contributed by atoms with Crippen molar-refractivity contribution in [2.45, 2.75) is 16.6 Å². The first-order valence-electron chi connectivity index (χ1n) is 5.70. The molecule has 0 aromatic carbocycles. The van der Waals surface area contributed by atoms with Crippen LogP contribution in [-0.4, -0.2) is 38.6 Å². The lowest BCUT2D eigenvalue weighted by Crippen LogP contribution is -2.41. The van der Waals surface area contributed by atoms with Gasteiger partial charge in [0.1, 0.15) is 6.26 Å². The zero-order valence-electron chi connectivity index (χ0n) is 10.5. The van der Waals surface area contributed by atoms with E-state index in [1.165, 1.54) is 6.26 Å². The Morgan fingerprint density at radius 1 is 1.43 bits per heavy atom. The second-order valence-corrected chi connectivity index (χ2v) is 6.92. The summed E-state index contributed by atoms with van der Waals surface area (Å²) in [6.45, 7) is 0.0414. The third kappa shape index (κ3) is 2.43. The summed E-state index contributed by atoms with van der Waals surface area (Å²) >= 11 is -0.761. The van der Waals surface area contributed by atoms with Crippen molar-refractivity contribution in [3.63, 3.8) is 0 Å². The molecule has 2 aromatic rings. The van der Waals surface area contributed by atoms with E-state index >= 15 is 0 Å². The lowest BCUT2D eigenvalue weighted by Gasteiger charge is -2.29. The van der Waals surface area contributed by atoms with Gasteiger partial charge in [0.25, 0.3) is 5.56 Å².